The number of carboxylic acids is 1. The van der Waals surface area contributed by atoms with Gasteiger partial charge in [0.05, 0.1) is 25.8 Å². The van der Waals surface area contributed by atoms with Gasteiger partial charge in [0.1, 0.15) is 0 Å². The number of fused-ring (bicyclic) bond motifs is 3. The van der Waals surface area contributed by atoms with Gasteiger partial charge in [0.2, 0.25) is 0 Å². The molecule has 0 aliphatic carbocycles. The molecule has 2 saturated heterocycles. The molecule has 25 heavy (non-hydrogen) atoms. The van der Waals surface area contributed by atoms with Gasteiger partial charge in [-0.3, -0.25) is 14.5 Å². The topological polar surface area (TPSA) is 73.3 Å². The van der Waals surface area contributed by atoms with Crippen molar-refractivity contribution in [1.29, 1.82) is 0 Å². The molecule has 0 saturated carbocycles. The van der Waals surface area contributed by atoms with Crippen LogP contribution in [0.15, 0.2) is 24.3 Å². The lowest BCUT2D eigenvalue weighted by atomic mass is 10.1. The fourth-order valence-electron chi connectivity index (χ4n) is 3.59. The van der Waals surface area contributed by atoms with Crippen LogP contribution in [0, 0.1) is 5.92 Å². The molecule has 7 nitrogen and oxygen atoms in total. The highest BCUT2D eigenvalue weighted by molar-refractivity contribution is 5.95. The Kier molecular flexibility index (Phi) is 5.24. The Hall–Kier alpha value is -2.12. The van der Waals surface area contributed by atoms with E-state index in [1.165, 1.54) is 0 Å². The van der Waals surface area contributed by atoms with Crippen molar-refractivity contribution in [2.45, 2.75) is 6.04 Å². The van der Waals surface area contributed by atoms with E-state index in [1.807, 2.05) is 53.1 Å². The second-order valence-corrected chi connectivity index (χ2v) is 7.05. The molecule has 2 atom stereocenters. The predicted octanol–water partition coefficient (Wildman–Crippen LogP) is 0.610. The average molecular weight is 347 g/mol. The van der Waals surface area contributed by atoms with Gasteiger partial charge in [-0.1, -0.05) is 6.07 Å². The molecule has 7 heteroatoms. The summed E-state index contributed by atoms with van der Waals surface area (Å²) in [6.45, 7) is 2.79. The summed E-state index contributed by atoms with van der Waals surface area (Å²) in [7, 11) is 3.89. The minimum absolute atomic E-state index is 0.00510. The van der Waals surface area contributed by atoms with Crippen LogP contribution in [0.1, 0.15) is 10.4 Å². The van der Waals surface area contributed by atoms with E-state index in [9.17, 15) is 9.59 Å². The van der Waals surface area contributed by atoms with Crippen LogP contribution >= 0.6 is 0 Å². The number of carbonyl (C=O) groups excluding carboxylic acids is 1. The Morgan fingerprint density at radius 1 is 1.24 bits per heavy atom. The minimum atomic E-state index is -0.836. The Morgan fingerprint density at radius 2 is 2.04 bits per heavy atom. The van der Waals surface area contributed by atoms with Gasteiger partial charge in [0, 0.05) is 50.9 Å². The zero-order valence-corrected chi connectivity index (χ0v) is 14.7. The van der Waals surface area contributed by atoms with Crippen LogP contribution in [-0.4, -0.2) is 86.3 Å². The van der Waals surface area contributed by atoms with Gasteiger partial charge in [-0.2, -0.15) is 0 Å². The fraction of sp³-hybridized carbons (Fsp3) is 0.556. The van der Waals surface area contributed by atoms with E-state index >= 15 is 0 Å². The molecule has 2 heterocycles. The fourth-order valence-corrected chi connectivity index (χ4v) is 3.59. The van der Waals surface area contributed by atoms with Gasteiger partial charge in [-0.25, -0.2) is 0 Å². The van der Waals surface area contributed by atoms with Crippen molar-refractivity contribution < 1.29 is 19.4 Å². The number of anilines is 1. The van der Waals surface area contributed by atoms with Gasteiger partial charge in [0.15, 0.2) is 0 Å². The zero-order valence-electron chi connectivity index (χ0n) is 14.7. The summed E-state index contributed by atoms with van der Waals surface area (Å²) in [4.78, 5) is 30.0. The van der Waals surface area contributed by atoms with Crippen molar-refractivity contribution in [2.75, 3.05) is 58.4 Å². The third kappa shape index (κ3) is 4.11. The molecule has 0 radical (unpaired) electrons. The molecule has 2 bridgehead atoms. The number of hydrogen-bond donors (Lipinski definition) is 1. The van der Waals surface area contributed by atoms with Crippen LogP contribution in [-0.2, 0) is 9.53 Å². The van der Waals surface area contributed by atoms with E-state index in [2.05, 4.69) is 0 Å². The van der Waals surface area contributed by atoms with E-state index in [0.717, 1.165) is 5.69 Å². The summed E-state index contributed by atoms with van der Waals surface area (Å²) in [6.07, 6.45) is 0. The number of hydrogen-bond acceptors (Lipinski definition) is 5. The summed E-state index contributed by atoms with van der Waals surface area (Å²) in [5, 5.41) is 9.10. The number of amides is 1. The maximum absolute atomic E-state index is 13.1. The minimum Gasteiger partial charge on any atom is -0.480 e. The third-order valence-corrected chi connectivity index (χ3v) is 4.77. The van der Waals surface area contributed by atoms with Crippen LogP contribution in [0.25, 0.3) is 0 Å². The van der Waals surface area contributed by atoms with Crippen molar-refractivity contribution in [3.05, 3.63) is 29.8 Å². The highest BCUT2D eigenvalue weighted by Crippen LogP contribution is 2.23. The maximum Gasteiger partial charge on any atom is 0.317 e. The lowest BCUT2D eigenvalue weighted by Gasteiger charge is -2.30. The molecule has 1 aromatic carbocycles. The molecule has 2 aliphatic rings. The molecule has 1 aromatic rings. The molecule has 0 spiro atoms. The van der Waals surface area contributed by atoms with E-state index in [4.69, 9.17) is 9.84 Å². The van der Waals surface area contributed by atoms with Crippen molar-refractivity contribution in [3.63, 3.8) is 0 Å². The summed E-state index contributed by atoms with van der Waals surface area (Å²) in [5.74, 6) is -0.716. The highest BCUT2D eigenvalue weighted by atomic mass is 16.5. The molecule has 136 valence electrons. The molecule has 1 amide bonds. The molecule has 3 rings (SSSR count). The van der Waals surface area contributed by atoms with Crippen molar-refractivity contribution >= 4 is 17.6 Å². The Morgan fingerprint density at radius 3 is 2.76 bits per heavy atom. The largest absolute Gasteiger partial charge is 0.480 e. The number of rotatable bonds is 4. The van der Waals surface area contributed by atoms with Gasteiger partial charge in [-0.05, 0) is 18.2 Å². The molecule has 0 unspecified atom stereocenters. The summed E-state index contributed by atoms with van der Waals surface area (Å²) < 4.78 is 5.72. The van der Waals surface area contributed by atoms with Crippen LogP contribution < -0.4 is 4.90 Å². The van der Waals surface area contributed by atoms with Crippen LogP contribution in [0.4, 0.5) is 5.69 Å². The maximum atomic E-state index is 13.1. The SMILES string of the molecule is CN(C)c1cccc(C(=O)N2C[C@H]3COC[C@@H]2CN(CC(=O)O)C3)c1. The number of nitrogens with zero attached hydrogens (tertiary/aromatic N) is 3. The second-order valence-electron chi connectivity index (χ2n) is 7.05. The zero-order chi connectivity index (χ0) is 18.0. The second kappa shape index (κ2) is 7.41. The number of aliphatic carboxylic acids is 1. The standard InChI is InChI=1S/C18H25N3O4/c1-19(2)15-5-3-4-14(6-15)18(24)21-8-13-7-20(10-17(22)23)9-16(21)12-25-11-13/h3-6,13,16H,7-12H2,1-2H3,(H,22,23)/t13-,16-/m0/s1. The van der Waals surface area contributed by atoms with Gasteiger partial charge in [0.25, 0.3) is 5.91 Å². The van der Waals surface area contributed by atoms with Gasteiger partial charge < -0.3 is 19.6 Å². The summed E-state index contributed by atoms with van der Waals surface area (Å²) >= 11 is 0. The van der Waals surface area contributed by atoms with Crippen molar-refractivity contribution in [3.8, 4) is 0 Å². The Balaban J connectivity index is 1.82. The summed E-state index contributed by atoms with van der Waals surface area (Å²) in [6, 6.07) is 7.46. The lowest BCUT2D eigenvalue weighted by molar-refractivity contribution is -0.138. The monoisotopic (exact) mass is 347 g/mol. The van der Waals surface area contributed by atoms with Gasteiger partial charge >= 0.3 is 5.97 Å². The van der Waals surface area contributed by atoms with Gasteiger partial charge in [-0.15, -0.1) is 0 Å². The van der Waals surface area contributed by atoms with Crippen LogP contribution in [0.2, 0.25) is 0 Å². The van der Waals surface area contributed by atoms with E-state index in [1.54, 1.807) is 0 Å². The smallest absolute Gasteiger partial charge is 0.317 e. The first-order chi connectivity index (χ1) is 11.9. The van der Waals surface area contributed by atoms with Crippen LogP contribution in [0.3, 0.4) is 0 Å². The van der Waals surface area contributed by atoms with E-state index in [0.29, 0.717) is 38.4 Å². The number of carbonyl (C=O) groups is 2. The molecular weight excluding hydrogens is 322 g/mol. The lowest BCUT2D eigenvalue weighted by Crippen LogP contribution is -2.47. The number of benzene rings is 1. The van der Waals surface area contributed by atoms with E-state index in [-0.39, 0.29) is 24.4 Å². The average Bonchev–Trinajstić information content (AvgIpc) is 2.84. The number of carboxylic acid groups (broad SMARTS) is 1. The summed E-state index contributed by atoms with van der Waals surface area (Å²) in [5.41, 5.74) is 1.64. The molecule has 2 aliphatic heterocycles. The van der Waals surface area contributed by atoms with Crippen molar-refractivity contribution in [1.82, 2.24) is 9.80 Å². The first-order valence-electron chi connectivity index (χ1n) is 8.54. The number of ether oxygens (including phenoxy) is 1. The molecule has 0 aromatic heterocycles. The Bertz CT molecular complexity index is 649. The molecule has 2 fully saturated rings. The quantitative estimate of drug-likeness (QED) is 0.860. The Labute approximate surface area is 147 Å². The van der Waals surface area contributed by atoms with E-state index < -0.39 is 5.97 Å². The predicted molar refractivity (Wildman–Crippen MR) is 94.0 cm³/mol. The van der Waals surface area contributed by atoms with Crippen LogP contribution in [0.5, 0.6) is 0 Å². The molecule has 1 N–H and O–H groups in total. The third-order valence-electron chi connectivity index (χ3n) is 4.77. The molecular formula is C18H25N3O4. The normalized spacial score (nSPS) is 23.8. The first kappa shape index (κ1) is 17.7. The first-order valence-corrected chi connectivity index (χ1v) is 8.54. The van der Waals surface area contributed by atoms with Crippen molar-refractivity contribution in [2.24, 2.45) is 5.92 Å². The highest BCUT2D eigenvalue weighted by Gasteiger charge is 2.36.